The van der Waals surface area contributed by atoms with E-state index in [4.69, 9.17) is 0 Å². The molecule has 154 valence electrons. The number of amides is 1. The third-order valence-electron chi connectivity index (χ3n) is 5.28. The summed E-state index contributed by atoms with van der Waals surface area (Å²) in [5, 5.41) is 2.89. The van der Waals surface area contributed by atoms with Crippen LogP contribution in [0.15, 0.2) is 71.6 Å². The summed E-state index contributed by atoms with van der Waals surface area (Å²) in [6.07, 6.45) is 0.571. The Morgan fingerprint density at radius 2 is 1.73 bits per heavy atom. The Labute approximate surface area is 175 Å². The number of anilines is 1. The maximum absolute atomic E-state index is 13.2. The second kappa shape index (κ2) is 8.01. The number of fused-ring (bicyclic) bond motifs is 1. The number of hydrogen-bond acceptors (Lipinski definition) is 3. The van der Waals surface area contributed by atoms with Crippen LogP contribution in [0, 0.1) is 12.7 Å². The molecule has 1 aliphatic rings. The zero-order valence-corrected chi connectivity index (χ0v) is 17.2. The van der Waals surface area contributed by atoms with E-state index in [9.17, 15) is 17.6 Å². The molecule has 1 N–H and O–H groups in total. The van der Waals surface area contributed by atoms with Crippen molar-refractivity contribution < 1.29 is 17.6 Å². The Balaban J connectivity index is 1.56. The van der Waals surface area contributed by atoms with E-state index in [2.05, 4.69) is 5.32 Å². The molecule has 0 atom stereocenters. The molecule has 0 bridgehead atoms. The minimum absolute atomic E-state index is 0.0661. The predicted octanol–water partition coefficient (Wildman–Crippen LogP) is 4.13. The van der Waals surface area contributed by atoms with Crippen molar-refractivity contribution in [1.29, 1.82) is 0 Å². The molecule has 5 nitrogen and oxygen atoms in total. The molecule has 0 saturated heterocycles. The van der Waals surface area contributed by atoms with Gasteiger partial charge in [0.05, 0.1) is 4.90 Å². The van der Waals surface area contributed by atoms with Crippen molar-refractivity contribution in [3.8, 4) is 0 Å². The van der Waals surface area contributed by atoms with Gasteiger partial charge in [-0.2, -0.15) is 4.31 Å². The summed E-state index contributed by atoms with van der Waals surface area (Å²) in [6.45, 7) is 2.42. The molecular weight excluding hydrogens is 403 g/mol. The molecular formula is C23H21FN2O3S. The molecule has 4 rings (SSSR count). The summed E-state index contributed by atoms with van der Waals surface area (Å²) in [5.74, 6) is -0.688. The SMILES string of the molecule is Cc1ccccc1C(=O)Nc1ccc2c(c1)CN(S(=O)(=O)c1ccc(F)cc1)CC2. The third-order valence-corrected chi connectivity index (χ3v) is 7.14. The van der Waals surface area contributed by atoms with Crippen LogP contribution in [0.1, 0.15) is 27.0 Å². The topological polar surface area (TPSA) is 66.5 Å². The molecule has 0 radical (unpaired) electrons. The van der Waals surface area contributed by atoms with Gasteiger partial charge in [-0.1, -0.05) is 24.3 Å². The highest BCUT2D eigenvalue weighted by Gasteiger charge is 2.28. The summed E-state index contributed by atoms with van der Waals surface area (Å²) < 4.78 is 40.4. The number of nitrogens with zero attached hydrogens (tertiary/aromatic N) is 1. The van der Waals surface area contributed by atoms with E-state index in [-0.39, 0.29) is 17.3 Å². The highest BCUT2D eigenvalue weighted by atomic mass is 32.2. The Bertz CT molecular complexity index is 1210. The molecule has 0 aliphatic carbocycles. The monoisotopic (exact) mass is 424 g/mol. The van der Waals surface area contributed by atoms with E-state index in [0.29, 0.717) is 24.2 Å². The highest BCUT2D eigenvalue weighted by molar-refractivity contribution is 7.89. The van der Waals surface area contributed by atoms with Crippen LogP contribution in [-0.2, 0) is 23.0 Å². The molecule has 0 spiro atoms. The number of rotatable bonds is 4. The van der Waals surface area contributed by atoms with Gasteiger partial charge < -0.3 is 5.32 Å². The fourth-order valence-corrected chi connectivity index (χ4v) is 5.01. The molecule has 0 aromatic heterocycles. The fraction of sp³-hybridized carbons (Fsp3) is 0.174. The van der Waals surface area contributed by atoms with Gasteiger partial charge in [0.25, 0.3) is 5.91 Å². The van der Waals surface area contributed by atoms with Gasteiger partial charge in [-0.05, 0) is 72.5 Å². The van der Waals surface area contributed by atoms with Gasteiger partial charge in [0.1, 0.15) is 5.82 Å². The summed E-state index contributed by atoms with van der Waals surface area (Å²) in [6, 6.07) is 17.7. The summed E-state index contributed by atoms with van der Waals surface area (Å²) in [7, 11) is -3.73. The smallest absolute Gasteiger partial charge is 0.255 e. The van der Waals surface area contributed by atoms with Crippen LogP contribution < -0.4 is 5.32 Å². The Kier molecular flexibility index (Phi) is 5.40. The summed E-state index contributed by atoms with van der Waals surface area (Å²) >= 11 is 0. The van der Waals surface area contributed by atoms with Crippen molar-refractivity contribution >= 4 is 21.6 Å². The first-order valence-electron chi connectivity index (χ1n) is 9.59. The highest BCUT2D eigenvalue weighted by Crippen LogP contribution is 2.27. The number of sulfonamides is 1. The first kappa shape index (κ1) is 20.3. The number of carbonyl (C=O) groups excluding carboxylic acids is 1. The molecule has 0 saturated carbocycles. The van der Waals surface area contributed by atoms with E-state index in [1.54, 1.807) is 6.07 Å². The number of halogens is 1. The molecule has 1 heterocycles. The second-order valence-corrected chi connectivity index (χ2v) is 9.23. The first-order valence-corrected chi connectivity index (χ1v) is 11.0. The fourth-order valence-electron chi connectivity index (χ4n) is 3.60. The van der Waals surface area contributed by atoms with Crippen molar-refractivity contribution in [2.75, 3.05) is 11.9 Å². The zero-order valence-electron chi connectivity index (χ0n) is 16.4. The molecule has 3 aromatic carbocycles. The minimum Gasteiger partial charge on any atom is -0.322 e. The van der Waals surface area contributed by atoms with Crippen molar-refractivity contribution in [3.05, 3.63) is 94.8 Å². The Morgan fingerprint density at radius 3 is 2.47 bits per heavy atom. The summed E-state index contributed by atoms with van der Waals surface area (Å²) in [4.78, 5) is 12.7. The van der Waals surface area contributed by atoms with Crippen LogP contribution in [0.3, 0.4) is 0 Å². The largest absolute Gasteiger partial charge is 0.322 e. The van der Waals surface area contributed by atoms with E-state index in [1.165, 1.54) is 16.4 Å². The van der Waals surface area contributed by atoms with Crippen molar-refractivity contribution in [2.45, 2.75) is 24.8 Å². The van der Waals surface area contributed by atoms with Crippen molar-refractivity contribution in [2.24, 2.45) is 0 Å². The maximum atomic E-state index is 13.2. The average molecular weight is 424 g/mol. The standard InChI is InChI=1S/C23H21FN2O3S/c1-16-4-2-3-5-22(16)23(27)25-20-9-6-17-12-13-26(15-18(17)14-20)30(28,29)21-10-7-19(24)8-11-21/h2-11,14H,12-13,15H2,1H3,(H,25,27). The number of hydrogen-bond donors (Lipinski definition) is 1. The minimum atomic E-state index is -3.73. The quantitative estimate of drug-likeness (QED) is 0.685. The molecule has 0 fully saturated rings. The number of aryl methyl sites for hydroxylation is 1. The third kappa shape index (κ3) is 3.99. The molecule has 30 heavy (non-hydrogen) atoms. The van der Waals surface area contributed by atoms with Crippen LogP contribution in [0.25, 0.3) is 0 Å². The number of benzene rings is 3. The average Bonchev–Trinajstić information content (AvgIpc) is 2.73. The zero-order chi connectivity index (χ0) is 21.3. The molecule has 0 unspecified atom stereocenters. The van der Waals surface area contributed by atoms with Gasteiger partial charge in [0.15, 0.2) is 0 Å². The molecule has 3 aromatic rings. The van der Waals surface area contributed by atoms with Crippen molar-refractivity contribution in [3.63, 3.8) is 0 Å². The lowest BCUT2D eigenvalue weighted by atomic mass is 10.0. The normalized spacial score (nSPS) is 14.2. The maximum Gasteiger partial charge on any atom is 0.255 e. The van der Waals surface area contributed by atoms with Crippen LogP contribution in [0.5, 0.6) is 0 Å². The lowest BCUT2D eigenvalue weighted by Gasteiger charge is -2.28. The second-order valence-electron chi connectivity index (χ2n) is 7.30. The lowest BCUT2D eigenvalue weighted by Crippen LogP contribution is -2.36. The molecule has 7 heteroatoms. The van der Waals surface area contributed by atoms with E-state index in [1.807, 2.05) is 43.3 Å². The summed E-state index contributed by atoms with van der Waals surface area (Å²) in [5.41, 5.74) is 3.98. The molecule has 1 amide bonds. The number of nitrogens with one attached hydrogen (secondary N) is 1. The van der Waals surface area contributed by atoms with E-state index in [0.717, 1.165) is 28.8 Å². The number of carbonyl (C=O) groups is 1. The van der Waals surface area contributed by atoms with Crippen LogP contribution >= 0.6 is 0 Å². The lowest BCUT2D eigenvalue weighted by molar-refractivity contribution is 0.102. The molecule has 1 aliphatic heterocycles. The van der Waals surface area contributed by atoms with E-state index < -0.39 is 15.8 Å². The van der Waals surface area contributed by atoms with E-state index >= 15 is 0 Å². The van der Waals surface area contributed by atoms with Gasteiger partial charge >= 0.3 is 0 Å². The van der Waals surface area contributed by atoms with Gasteiger partial charge in [-0.25, -0.2) is 12.8 Å². The Morgan fingerprint density at radius 1 is 1.00 bits per heavy atom. The predicted molar refractivity (Wildman–Crippen MR) is 113 cm³/mol. The van der Waals surface area contributed by atoms with Gasteiger partial charge in [0, 0.05) is 24.3 Å². The Hall–Kier alpha value is -3.03. The van der Waals surface area contributed by atoms with Gasteiger partial charge in [-0.15, -0.1) is 0 Å². The van der Waals surface area contributed by atoms with Gasteiger partial charge in [0.2, 0.25) is 10.0 Å². The van der Waals surface area contributed by atoms with Gasteiger partial charge in [-0.3, -0.25) is 4.79 Å². The first-order chi connectivity index (χ1) is 14.3. The van der Waals surface area contributed by atoms with Crippen LogP contribution in [0.4, 0.5) is 10.1 Å². The van der Waals surface area contributed by atoms with Crippen LogP contribution in [-0.4, -0.2) is 25.2 Å². The van der Waals surface area contributed by atoms with Crippen LogP contribution in [0.2, 0.25) is 0 Å². The van der Waals surface area contributed by atoms with Crippen molar-refractivity contribution in [1.82, 2.24) is 4.31 Å².